The van der Waals surface area contributed by atoms with Crippen LogP contribution in [0.25, 0.3) is 0 Å². The highest BCUT2D eigenvalue weighted by Crippen LogP contribution is 2.32. The normalized spacial score (nSPS) is 21.5. The Hall–Kier alpha value is -0.470. The molecule has 1 aliphatic heterocycles. The highest BCUT2D eigenvalue weighted by Gasteiger charge is 2.17. The minimum Gasteiger partial charge on any atom is -0.324 e. The van der Waals surface area contributed by atoms with Crippen molar-refractivity contribution in [3.8, 4) is 0 Å². The van der Waals surface area contributed by atoms with E-state index in [9.17, 15) is 0 Å². The number of hydrogen-bond donors (Lipinski definition) is 1. The average molecular weight is 207 g/mol. The summed E-state index contributed by atoms with van der Waals surface area (Å²) in [6.07, 6.45) is 1.11. The Balaban J connectivity index is 2.53. The SMILES string of the molecule is Cc1cc(C)c2c(c1)CSCC[C@@H]2N. The number of nitrogens with two attached hydrogens (primary N) is 1. The Kier molecular flexibility index (Phi) is 2.84. The lowest BCUT2D eigenvalue weighted by atomic mass is 9.93. The van der Waals surface area contributed by atoms with Gasteiger partial charge in [-0.2, -0.15) is 11.8 Å². The van der Waals surface area contributed by atoms with E-state index in [0.717, 1.165) is 12.2 Å². The molecule has 0 saturated heterocycles. The van der Waals surface area contributed by atoms with Crippen LogP contribution in [-0.2, 0) is 5.75 Å². The Morgan fingerprint density at radius 2 is 2.14 bits per heavy atom. The quantitative estimate of drug-likeness (QED) is 0.708. The van der Waals surface area contributed by atoms with Gasteiger partial charge in [0.15, 0.2) is 0 Å². The average Bonchev–Trinajstić information content (AvgIpc) is 2.27. The van der Waals surface area contributed by atoms with Gasteiger partial charge < -0.3 is 5.73 Å². The van der Waals surface area contributed by atoms with E-state index >= 15 is 0 Å². The van der Waals surface area contributed by atoms with Crippen molar-refractivity contribution in [2.45, 2.75) is 32.1 Å². The Bertz CT molecular complexity index is 346. The fourth-order valence-electron chi connectivity index (χ4n) is 2.25. The first-order valence-electron chi connectivity index (χ1n) is 5.12. The maximum atomic E-state index is 6.18. The summed E-state index contributed by atoms with van der Waals surface area (Å²) in [5.41, 5.74) is 11.8. The Morgan fingerprint density at radius 1 is 1.36 bits per heavy atom. The maximum absolute atomic E-state index is 6.18. The molecule has 0 saturated carbocycles. The Labute approximate surface area is 90.1 Å². The predicted octanol–water partition coefficient (Wildman–Crippen LogP) is 2.94. The van der Waals surface area contributed by atoms with Crippen LogP contribution in [-0.4, -0.2) is 5.75 Å². The van der Waals surface area contributed by atoms with Crippen LogP contribution < -0.4 is 5.73 Å². The molecular formula is C12H17NS. The maximum Gasteiger partial charge on any atom is 0.0308 e. The first kappa shape index (κ1) is 10.1. The van der Waals surface area contributed by atoms with E-state index in [4.69, 9.17) is 5.73 Å². The van der Waals surface area contributed by atoms with Gasteiger partial charge in [0, 0.05) is 11.8 Å². The minimum atomic E-state index is 0.251. The monoisotopic (exact) mass is 207 g/mol. The molecule has 2 N–H and O–H groups in total. The lowest BCUT2D eigenvalue weighted by Crippen LogP contribution is -2.13. The van der Waals surface area contributed by atoms with E-state index in [2.05, 4.69) is 26.0 Å². The lowest BCUT2D eigenvalue weighted by Gasteiger charge is -2.16. The fourth-order valence-corrected chi connectivity index (χ4v) is 3.28. The summed E-state index contributed by atoms with van der Waals surface area (Å²) in [6.45, 7) is 4.34. The summed E-state index contributed by atoms with van der Waals surface area (Å²) in [4.78, 5) is 0. The molecule has 1 aromatic rings. The molecule has 0 bridgehead atoms. The first-order chi connectivity index (χ1) is 6.68. The van der Waals surface area contributed by atoms with Gasteiger partial charge in [0.05, 0.1) is 0 Å². The molecule has 76 valence electrons. The smallest absolute Gasteiger partial charge is 0.0308 e. The fraction of sp³-hybridized carbons (Fsp3) is 0.500. The van der Waals surface area contributed by atoms with Crippen molar-refractivity contribution in [2.24, 2.45) is 5.73 Å². The second-order valence-corrected chi connectivity index (χ2v) is 5.21. The molecule has 1 aliphatic rings. The summed E-state index contributed by atoms with van der Waals surface area (Å²) < 4.78 is 0. The largest absolute Gasteiger partial charge is 0.324 e. The van der Waals surface area contributed by atoms with E-state index < -0.39 is 0 Å². The standard InChI is InChI=1S/C12H17NS/c1-8-5-9(2)12-10(6-8)7-14-4-3-11(12)13/h5-6,11H,3-4,7,13H2,1-2H3/t11-/m0/s1. The molecule has 1 aromatic carbocycles. The molecule has 0 radical (unpaired) electrons. The number of thioether (sulfide) groups is 1. The molecule has 1 nitrogen and oxygen atoms in total. The van der Waals surface area contributed by atoms with Crippen molar-refractivity contribution >= 4 is 11.8 Å². The summed E-state index contributed by atoms with van der Waals surface area (Å²) in [5.74, 6) is 2.32. The number of benzene rings is 1. The minimum absolute atomic E-state index is 0.251. The van der Waals surface area contributed by atoms with Crippen molar-refractivity contribution in [2.75, 3.05) is 5.75 Å². The van der Waals surface area contributed by atoms with E-state index in [1.54, 1.807) is 0 Å². The predicted molar refractivity (Wildman–Crippen MR) is 63.6 cm³/mol. The topological polar surface area (TPSA) is 26.0 Å². The zero-order valence-corrected chi connectivity index (χ0v) is 9.66. The van der Waals surface area contributed by atoms with E-state index in [-0.39, 0.29) is 6.04 Å². The highest BCUT2D eigenvalue weighted by atomic mass is 32.2. The molecule has 0 spiro atoms. The third kappa shape index (κ3) is 1.82. The van der Waals surface area contributed by atoms with Gasteiger partial charge in [-0.25, -0.2) is 0 Å². The molecule has 0 aliphatic carbocycles. The van der Waals surface area contributed by atoms with Crippen molar-refractivity contribution in [1.29, 1.82) is 0 Å². The molecule has 0 unspecified atom stereocenters. The van der Waals surface area contributed by atoms with Crippen LogP contribution in [0, 0.1) is 13.8 Å². The molecule has 1 heterocycles. The van der Waals surface area contributed by atoms with Gasteiger partial charge >= 0.3 is 0 Å². The van der Waals surface area contributed by atoms with Gasteiger partial charge in [0.2, 0.25) is 0 Å². The molecule has 2 rings (SSSR count). The van der Waals surface area contributed by atoms with Crippen LogP contribution in [0.3, 0.4) is 0 Å². The van der Waals surface area contributed by atoms with E-state index in [1.807, 2.05) is 11.8 Å². The highest BCUT2D eigenvalue weighted by molar-refractivity contribution is 7.98. The van der Waals surface area contributed by atoms with E-state index in [1.165, 1.54) is 28.0 Å². The number of hydrogen-bond acceptors (Lipinski definition) is 2. The first-order valence-corrected chi connectivity index (χ1v) is 6.27. The van der Waals surface area contributed by atoms with Gasteiger partial charge in [-0.3, -0.25) is 0 Å². The van der Waals surface area contributed by atoms with Gasteiger partial charge in [-0.1, -0.05) is 17.7 Å². The van der Waals surface area contributed by atoms with Crippen molar-refractivity contribution < 1.29 is 0 Å². The zero-order valence-electron chi connectivity index (χ0n) is 8.84. The summed E-state index contributed by atoms with van der Waals surface area (Å²) >= 11 is 2.00. The van der Waals surface area contributed by atoms with Gasteiger partial charge in [0.25, 0.3) is 0 Å². The van der Waals surface area contributed by atoms with Crippen molar-refractivity contribution in [3.05, 3.63) is 34.4 Å². The second kappa shape index (κ2) is 3.95. The number of fused-ring (bicyclic) bond motifs is 1. The van der Waals surface area contributed by atoms with Crippen LogP contribution in [0.2, 0.25) is 0 Å². The molecule has 1 atom stereocenters. The molecule has 14 heavy (non-hydrogen) atoms. The summed E-state index contributed by atoms with van der Waals surface area (Å²) in [7, 11) is 0. The lowest BCUT2D eigenvalue weighted by molar-refractivity contribution is 0.700. The second-order valence-electron chi connectivity index (χ2n) is 4.10. The molecule has 2 heteroatoms. The van der Waals surface area contributed by atoms with Crippen LogP contribution in [0.4, 0.5) is 0 Å². The molecular weight excluding hydrogens is 190 g/mol. The van der Waals surface area contributed by atoms with Crippen molar-refractivity contribution in [3.63, 3.8) is 0 Å². The number of rotatable bonds is 0. The van der Waals surface area contributed by atoms with Crippen LogP contribution in [0.1, 0.15) is 34.7 Å². The van der Waals surface area contributed by atoms with Crippen molar-refractivity contribution in [1.82, 2.24) is 0 Å². The van der Waals surface area contributed by atoms with Gasteiger partial charge in [-0.05, 0) is 42.7 Å². The van der Waals surface area contributed by atoms with Gasteiger partial charge in [0.1, 0.15) is 0 Å². The van der Waals surface area contributed by atoms with Crippen LogP contribution in [0.5, 0.6) is 0 Å². The van der Waals surface area contributed by atoms with Crippen LogP contribution >= 0.6 is 11.8 Å². The Morgan fingerprint density at radius 3 is 2.93 bits per heavy atom. The molecule has 0 aromatic heterocycles. The van der Waals surface area contributed by atoms with Gasteiger partial charge in [-0.15, -0.1) is 0 Å². The molecule has 0 fully saturated rings. The molecule has 0 amide bonds. The number of aryl methyl sites for hydroxylation is 2. The summed E-state index contributed by atoms with van der Waals surface area (Å²) in [6, 6.07) is 4.79. The third-order valence-electron chi connectivity index (χ3n) is 2.82. The zero-order chi connectivity index (χ0) is 10.1. The van der Waals surface area contributed by atoms with E-state index in [0.29, 0.717) is 0 Å². The van der Waals surface area contributed by atoms with Crippen LogP contribution in [0.15, 0.2) is 12.1 Å². The third-order valence-corrected chi connectivity index (χ3v) is 3.86. The summed E-state index contributed by atoms with van der Waals surface area (Å²) in [5, 5.41) is 0.